The van der Waals surface area contributed by atoms with Crippen molar-refractivity contribution >= 4 is 34.8 Å². The van der Waals surface area contributed by atoms with Gasteiger partial charge in [0.15, 0.2) is 10.3 Å². The van der Waals surface area contributed by atoms with Crippen LogP contribution in [0.5, 0.6) is 5.75 Å². The van der Waals surface area contributed by atoms with Gasteiger partial charge < -0.3 is 15.4 Å². The summed E-state index contributed by atoms with van der Waals surface area (Å²) in [6.45, 7) is 0.628. The minimum Gasteiger partial charge on any atom is -0.497 e. The summed E-state index contributed by atoms with van der Waals surface area (Å²) in [5.41, 5.74) is 1.93. The summed E-state index contributed by atoms with van der Waals surface area (Å²) in [5, 5.41) is 8.30. The fraction of sp³-hybridized carbons (Fsp3) is 0.111. The highest BCUT2D eigenvalue weighted by molar-refractivity contribution is 7.99. The predicted molar refractivity (Wildman–Crippen MR) is 106 cm³/mol. The Bertz CT molecular complexity index is 842. The summed E-state index contributed by atoms with van der Waals surface area (Å²) < 4.78 is 5.15. The first-order chi connectivity index (χ1) is 12.7. The Labute approximate surface area is 161 Å². The van der Waals surface area contributed by atoms with Gasteiger partial charge in [-0.1, -0.05) is 12.1 Å². The molecule has 8 heteroatoms. The number of rotatable bonds is 6. The Balaban J connectivity index is 1.49. The van der Waals surface area contributed by atoms with E-state index in [-0.39, 0.29) is 0 Å². The Morgan fingerprint density at radius 3 is 2.50 bits per heavy atom. The molecule has 0 bridgehead atoms. The molecule has 3 aromatic rings. The number of methoxy groups -OCH3 is 1. The molecule has 2 aromatic heterocycles. The zero-order valence-electron chi connectivity index (χ0n) is 14.0. The third kappa shape index (κ3) is 5.40. The average molecular weight is 384 g/mol. The van der Waals surface area contributed by atoms with Crippen LogP contribution in [-0.4, -0.2) is 27.2 Å². The van der Waals surface area contributed by atoms with E-state index in [1.54, 1.807) is 31.8 Å². The number of aromatic nitrogens is 3. The number of hydrogen-bond donors (Lipinski definition) is 2. The molecule has 0 saturated carbocycles. The lowest BCUT2D eigenvalue weighted by molar-refractivity contribution is 0.414. The molecule has 2 N–H and O–H groups in total. The van der Waals surface area contributed by atoms with E-state index in [4.69, 9.17) is 17.0 Å². The highest BCUT2D eigenvalue weighted by Crippen LogP contribution is 2.22. The zero-order valence-corrected chi connectivity index (χ0v) is 15.7. The van der Waals surface area contributed by atoms with Crippen LogP contribution in [0.1, 0.15) is 5.56 Å². The Morgan fingerprint density at radius 1 is 1.08 bits per heavy atom. The van der Waals surface area contributed by atoms with E-state index >= 15 is 0 Å². The lowest BCUT2D eigenvalue weighted by Gasteiger charge is -2.11. The van der Waals surface area contributed by atoms with Crippen molar-refractivity contribution < 1.29 is 4.74 Å². The molecule has 1 aromatic carbocycles. The summed E-state index contributed by atoms with van der Waals surface area (Å²) in [5.74, 6) is 0.833. The van der Waals surface area contributed by atoms with Crippen LogP contribution in [0.2, 0.25) is 0 Å². The first-order valence-corrected chi connectivity index (χ1v) is 9.04. The topological polar surface area (TPSA) is 72.0 Å². The first kappa shape index (κ1) is 18.1. The van der Waals surface area contributed by atoms with Crippen LogP contribution >= 0.6 is 24.0 Å². The van der Waals surface area contributed by atoms with E-state index < -0.39 is 0 Å². The van der Waals surface area contributed by atoms with Gasteiger partial charge in [-0.25, -0.2) is 15.0 Å². The van der Waals surface area contributed by atoms with Gasteiger partial charge >= 0.3 is 0 Å². The molecule has 0 aliphatic carbocycles. The van der Waals surface area contributed by atoms with Crippen molar-refractivity contribution in [2.24, 2.45) is 0 Å². The van der Waals surface area contributed by atoms with Crippen LogP contribution in [0.25, 0.3) is 0 Å². The minimum atomic E-state index is 0.536. The molecule has 0 radical (unpaired) electrons. The Hall–Kier alpha value is -2.71. The quantitative estimate of drug-likeness (QED) is 0.495. The lowest BCUT2D eigenvalue weighted by Crippen LogP contribution is -2.27. The van der Waals surface area contributed by atoms with Gasteiger partial charge in [-0.15, -0.1) is 0 Å². The SMILES string of the molecule is COc1ccc(CNC(=S)Nc2ccc(Sc3ncccn3)nc2)cc1. The van der Waals surface area contributed by atoms with Gasteiger partial charge in [0.2, 0.25) is 0 Å². The summed E-state index contributed by atoms with van der Waals surface area (Å²) in [4.78, 5) is 12.7. The summed E-state index contributed by atoms with van der Waals surface area (Å²) in [7, 11) is 1.65. The smallest absolute Gasteiger partial charge is 0.193 e. The van der Waals surface area contributed by atoms with Gasteiger partial charge in [0.05, 0.1) is 19.0 Å². The largest absolute Gasteiger partial charge is 0.497 e. The normalized spacial score (nSPS) is 10.2. The predicted octanol–water partition coefficient (Wildman–Crippen LogP) is 3.52. The maximum absolute atomic E-state index is 5.32. The van der Waals surface area contributed by atoms with Crippen molar-refractivity contribution in [1.82, 2.24) is 20.3 Å². The van der Waals surface area contributed by atoms with Gasteiger partial charge in [-0.3, -0.25) is 0 Å². The number of nitrogens with zero attached hydrogens (tertiary/aromatic N) is 3. The van der Waals surface area contributed by atoms with Crippen molar-refractivity contribution in [2.45, 2.75) is 16.7 Å². The van der Waals surface area contributed by atoms with Gasteiger partial charge in [0.25, 0.3) is 0 Å². The minimum absolute atomic E-state index is 0.536. The van der Waals surface area contributed by atoms with Crippen LogP contribution in [0.15, 0.2) is 71.2 Å². The van der Waals surface area contributed by atoms with Gasteiger partial charge in [-0.2, -0.15) is 0 Å². The van der Waals surface area contributed by atoms with Crippen molar-refractivity contribution in [2.75, 3.05) is 12.4 Å². The number of nitrogens with one attached hydrogen (secondary N) is 2. The van der Waals surface area contributed by atoms with Gasteiger partial charge in [0, 0.05) is 18.9 Å². The molecule has 0 aliphatic rings. The molecule has 132 valence electrons. The molecule has 0 amide bonds. The Kier molecular flexibility index (Phi) is 6.34. The van der Waals surface area contributed by atoms with Crippen molar-refractivity contribution in [3.05, 3.63) is 66.6 Å². The fourth-order valence-corrected chi connectivity index (χ4v) is 2.89. The molecule has 0 atom stereocenters. The van der Waals surface area contributed by atoms with Crippen LogP contribution < -0.4 is 15.4 Å². The first-order valence-electron chi connectivity index (χ1n) is 7.81. The molecule has 26 heavy (non-hydrogen) atoms. The third-order valence-corrected chi connectivity index (χ3v) is 4.43. The number of ether oxygens (including phenoxy) is 1. The van der Waals surface area contributed by atoms with Crippen LogP contribution in [0, 0.1) is 0 Å². The second-order valence-electron chi connectivity index (χ2n) is 5.17. The Morgan fingerprint density at radius 2 is 1.85 bits per heavy atom. The highest BCUT2D eigenvalue weighted by Gasteiger charge is 2.03. The highest BCUT2D eigenvalue weighted by atomic mass is 32.2. The molecule has 3 rings (SSSR count). The van der Waals surface area contributed by atoms with Crippen molar-refractivity contribution in [1.29, 1.82) is 0 Å². The van der Waals surface area contributed by atoms with E-state index in [0.29, 0.717) is 16.8 Å². The number of benzene rings is 1. The van der Waals surface area contributed by atoms with Gasteiger partial charge in [0.1, 0.15) is 10.8 Å². The average Bonchev–Trinajstić information content (AvgIpc) is 2.69. The molecular weight excluding hydrogens is 366 g/mol. The number of pyridine rings is 1. The van der Waals surface area contributed by atoms with E-state index in [0.717, 1.165) is 22.0 Å². The number of hydrogen-bond acceptors (Lipinski definition) is 6. The molecule has 0 spiro atoms. The number of anilines is 1. The van der Waals surface area contributed by atoms with E-state index in [2.05, 4.69) is 25.6 Å². The molecule has 6 nitrogen and oxygen atoms in total. The second-order valence-corrected chi connectivity index (χ2v) is 6.57. The summed E-state index contributed by atoms with van der Waals surface area (Å²) >= 11 is 6.73. The molecule has 0 aliphatic heterocycles. The summed E-state index contributed by atoms with van der Waals surface area (Å²) in [6, 6.07) is 13.4. The lowest BCUT2D eigenvalue weighted by atomic mass is 10.2. The van der Waals surface area contributed by atoms with E-state index in [1.165, 1.54) is 11.8 Å². The van der Waals surface area contributed by atoms with Gasteiger partial charge in [-0.05, 0) is 59.9 Å². The summed E-state index contributed by atoms with van der Waals surface area (Å²) in [6.07, 6.45) is 5.14. The maximum atomic E-state index is 5.32. The zero-order chi connectivity index (χ0) is 18.2. The maximum Gasteiger partial charge on any atom is 0.193 e. The standard InChI is InChI=1S/C18H17N5OS2/c1-24-15-6-3-13(4-7-15)11-22-17(25)23-14-5-8-16(21-12-14)26-18-19-9-2-10-20-18/h2-10,12H,11H2,1H3,(H2,22,23,25). The van der Waals surface area contributed by atoms with Crippen LogP contribution in [0.4, 0.5) is 5.69 Å². The fourth-order valence-electron chi connectivity index (χ4n) is 2.05. The number of thiocarbonyl (C=S) groups is 1. The molecule has 0 unspecified atom stereocenters. The van der Waals surface area contributed by atoms with E-state index in [9.17, 15) is 0 Å². The third-order valence-electron chi connectivity index (χ3n) is 3.34. The van der Waals surface area contributed by atoms with Crippen molar-refractivity contribution in [3.63, 3.8) is 0 Å². The van der Waals surface area contributed by atoms with E-state index in [1.807, 2.05) is 36.4 Å². The molecule has 0 saturated heterocycles. The van der Waals surface area contributed by atoms with Crippen LogP contribution in [-0.2, 0) is 6.54 Å². The second kappa shape index (κ2) is 9.12. The molecule has 2 heterocycles. The van der Waals surface area contributed by atoms with Crippen molar-refractivity contribution in [3.8, 4) is 5.75 Å². The van der Waals surface area contributed by atoms with Crippen LogP contribution in [0.3, 0.4) is 0 Å². The monoisotopic (exact) mass is 383 g/mol. The molecule has 0 fully saturated rings. The molecular formula is C18H17N5OS2.